The largest absolute Gasteiger partial charge is 0.346 e. The SMILES string of the molecule is Cc1nn(C)c(C)c1NC(=O)CNC(=O)CN(C)S(=O)(=O)c1ccc(F)cc1. The van der Waals surface area contributed by atoms with Gasteiger partial charge in [0.1, 0.15) is 5.82 Å². The van der Waals surface area contributed by atoms with Crippen LogP contribution in [0.1, 0.15) is 11.4 Å². The van der Waals surface area contributed by atoms with Crippen molar-refractivity contribution in [2.75, 3.05) is 25.5 Å². The van der Waals surface area contributed by atoms with Crippen LogP contribution < -0.4 is 10.6 Å². The van der Waals surface area contributed by atoms with Crippen LogP contribution in [-0.4, -0.2) is 54.5 Å². The molecule has 152 valence electrons. The molecule has 0 fully saturated rings. The van der Waals surface area contributed by atoms with Gasteiger partial charge < -0.3 is 10.6 Å². The van der Waals surface area contributed by atoms with Crippen molar-refractivity contribution in [3.63, 3.8) is 0 Å². The first-order valence-corrected chi connectivity index (χ1v) is 9.75. The summed E-state index contributed by atoms with van der Waals surface area (Å²) < 4.78 is 40.1. The summed E-state index contributed by atoms with van der Waals surface area (Å²) >= 11 is 0. The average molecular weight is 411 g/mol. The van der Waals surface area contributed by atoms with Crippen LogP contribution in [0, 0.1) is 19.7 Å². The third-order valence-corrected chi connectivity index (χ3v) is 5.93. The maximum Gasteiger partial charge on any atom is 0.243 e. The number of anilines is 1. The highest BCUT2D eigenvalue weighted by molar-refractivity contribution is 7.89. The molecule has 1 aromatic carbocycles. The van der Waals surface area contributed by atoms with Crippen molar-refractivity contribution in [3.05, 3.63) is 41.5 Å². The van der Waals surface area contributed by atoms with Crippen LogP contribution in [0.2, 0.25) is 0 Å². The highest BCUT2D eigenvalue weighted by Gasteiger charge is 2.23. The first-order chi connectivity index (χ1) is 13.0. The number of sulfonamides is 1. The van der Waals surface area contributed by atoms with E-state index in [0.717, 1.165) is 34.3 Å². The van der Waals surface area contributed by atoms with Gasteiger partial charge in [0.2, 0.25) is 21.8 Å². The van der Waals surface area contributed by atoms with E-state index in [9.17, 15) is 22.4 Å². The standard InChI is InChI=1S/C17H22FN5O4S/c1-11-17(12(2)23(4)21-11)20-15(24)9-19-16(25)10-22(3)28(26,27)14-7-5-13(18)6-8-14/h5-8H,9-10H2,1-4H3,(H,19,25)(H,20,24). The second-order valence-electron chi connectivity index (χ2n) is 6.21. The average Bonchev–Trinajstić information content (AvgIpc) is 2.86. The van der Waals surface area contributed by atoms with Crippen LogP contribution in [0.4, 0.5) is 10.1 Å². The number of carbonyl (C=O) groups excluding carboxylic acids is 2. The number of benzene rings is 1. The van der Waals surface area contributed by atoms with E-state index < -0.39 is 34.2 Å². The number of nitrogens with one attached hydrogen (secondary N) is 2. The minimum atomic E-state index is -3.95. The molecule has 0 saturated heterocycles. The van der Waals surface area contributed by atoms with Gasteiger partial charge in [-0.3, -0.25) is 14.3 Å². The Labute approximate surface area is 162 Å². The van der Waals surface area contributed by atoms with Gasteiger partial charge in [-0.05, 0) is 38.1 Å². The Morgan fingerprint density at radius 3 is 2.32 bits per heavy atom. The first kappa shape index (κ1) is 21.5. The van der Waals surface area contributed by atoms with Crippen LogP contribution in [0.15, 0.2) is 29.2 Å². The molecule has 2 N–H and O–H groups in total. The lowest BCUT2D eigenvalue weighted by Gasteiger charge is -2.17. The second kappa shape index (κ2) is 8.48. The van der Waals surface area contributed by atoms with Gasteiger partial charge in [0.25, 0.3) is 0 Å². The third-order valence-electron chi connectivity index (χ3n) is 4.11. The molecule has 0 bridgehead atoms. The fourth-order valence-corrected chi connectivity index (χ4v) is 3.57. The van der Waals surface area contributed by atoms with E-state index in [4.69, 9.17) is 0 Å². The number of aryl methyl sites for hydroxylation is 2. The normalized spacial score (nSPS) is 11.5. The molecule has 1 heterocycles. The van der Waals surface area contributed by atoms with Crippen molar-refractivity contribution in [2.24, 2.45) is 7.05 Å². The number of rotatable bonds is 7. The van der Waals surface area contributed by atoms with E-state index in [-0.39, 0.29) is 11.4 Å². The monoisotopic (exact) mass is 411 g/mol. The summed E-state index contributed by atoms with van der Waals surface area (Å²) in [6.45, 7) is 2.73. The molecule has 0 unspecified atom stereocenters. The molecule has 2 rings (SSSR count). The van der Waals surface area contributed by atoms with Crippen molar-refractivity contribution in [1.82, 2.24) is 19.4 Å². The Morgan fingerprint density at radius 2 is 1.79 bits per heavy atom. The van der Waals surface area contributed by atoms with E-state index in [1.54, 1.807) is 25.6 Å². The van der Waals surface area contributed by atoms with Gasteiger partial charge in [0, 0.05) is 14.1 Å². The lowest BCUT2D eigenvalue weighted by molar-refractivity contribution is -0.124. The van der Waals surface area contributed by atoms with E-state index in [0.29, 0.717) is 11.4 Å². The Morgan fingerprint density at radius 1 is 1.18 bits per heavy atom. The van der Waals surface area contributed by atoms with Crippen LogP contribution in [0.5, 0.6) is 0 Å². The molecule has 0 aliphatic heterocycles. The maximum absolute atomic E-state index is 13.0. The lowest BCUT2D eigenvalue weighted by Crippen LogP contribution is -2.41. The van der Waals surface area contributed by atoms with Crippen molar-refractivity contribution in [2.45, 2.75) is 18.7 Å². The Bertz CT molecular complexity index is 986. The number of amides is 2. The highest BCUT2D eigenvalue weighted by Crippen LogP contribution is 2.18. The number of aromatic nitrogens is 2. The smallest absolute Gasteiger partial charge is 0.243 e. The predicted octanol–water partition coefficient (Wildman–Crippen LogP) is 0.551. The summed E-state index contributed by atoms with van der Waals surface area (Å²) in [4.78, 5) is 23.9. The van der Waals surface area contributed by atoms with Crippen molar-refractivity contribution < 1.29 is 22.4 Å². The molecule has 0 spiro atoms. The predicted molar refractivity (Wildman–Crippen MR) is 101 cm³/mol. The van der Waals surface area contributed by atoms with Crippen LogP contribution in [-0.2, 0) is 26.7 Å². The molecule has 0 atom stereocenters. The number of hydrogen-bond acceptors (Lipinski definition) is 5. The number of carbonyl (C=O) groups is 2. The molecule has 0 aliphatic rings. The lowest BCUT2D eigenvalue weighted by atomic mass is 10.3. The van der Waals surface area contributed by atoms with Crippen molar-refractivity contribution in [1.29, 1.82) is 0 Å². The number of nitrogens with zero attached hydrogens (tertiary/aromatic N) is 3. The fraction of sp³-hybridized carbons (Fsp3) is 0.353. The summed E-state index contributed by atoms with van der Waals surface area (Å²) in [5.41, 5.74) is 1.98. The van der Waals surface area contributed by atoms with Gasteiger partial charge in [-0.25, -0.2) is 12.8 Å². The molecular weight excluding hydrogens is 389 g/mol. The summed E-state index contributed by atoms with van der Waals surface area (Å²) in [5.74, 6) is -1.68. The number of hydrogen-bond donors (Lipinski definition) is 2. The van der Waals surface area contributed by atoms with Crippen LogP contribution >= 0.6 is 0 Å². The summed E-state index contributed by atoms with van der Waals surface area (Å²) in [6.07, 6.45) is 0. The number of halogens is 1. The highest BCUT2D eigenvalue weighted by atomic mass is 32.2. The third kappa shape index (κ3) is 4.93. The van der Waals surface area contributed by atoms with E-state index in [1.807, 2.05) is 0 Å². The molecule has 11 heteroatoms. The molecule has 0 saturated carbocycles. The minimum Gasteiger partial charge on any atom is -0.346 e. The van der Waals surface area contributed by atoms with Gasteiger partial charge in [0.15, 0.2) is 0 Å². The molecule has 2 aromatic rings. The Balaban J connectivity index is 1.91. The number of likely N-dealkylation sites (N-methyl/N-ethyl adjacent to an activating group) is 1. The summed E-state index contributed by atoms with van der Waals surface area (Å²) in [6, 6.07) is 4.28. The van der Waals surface area contributed by atoms with Crippen molar-refractivity contribution in [3.8, 4) is 0 Å². The molecule has 2 amide bonds. The molecule has 0 aliphatic carbocycles. The molecule has 0 radical (unpaired) electrons. The van der Waals surface area contributed by atoms with Crippen molar-refractivity contribution >= 4 is 27.5 Å². The molecular formula is C17H22FN5O4S. The zero-order valence-corrected chi connectivity index (χ0v) is 16.8. The van der Waals surface area contributed by atoms with Gasteiger partial charge in [-0.2, -0.15) is 9.40 Å². The fourth-order valence-electron chi connectivity index (χ4n) is 2.45. The Kier molecular flexibility index (Phi) is 6.52. The quantitative estimate of drug-likeness (QED) is 0.691. The summed E-state index contributed by atoms with van der Waals surface area (Å²) in [7, 11) is -0.982. The van der Waals surface area contributed by atoms with Gasteiger partial charge in [-0.15, -0.1) is 0 Å². The minimum absolute atomic E-state index is 0.135. The van der Waals surface area contributed by atoms with Crippen LogP contribution in [0.3, 0.4) is 0 Å². The second-order valence-corrected chi connectivity index (χ2v) is 8.25. The van der Waals surface area contributed by atoms with E-state index in [2.05, 4.69) is 15.7 Å². The zero-order chi connectivity index (χ0) is 21.1. The van der Waals surface area contributed by atoms with Gasteiger partial charge in [-0.1, -0.05) is 0 Å². The van der Waals surface area contributed by atoms with Gasteiger partial charge in [0.05, 0.1) is 35.1 Å². The Hall–Kier alpha value is -2.79. The van der Waals surface area contributed by atoms with E-state index in [1.165, 1.54) is 7.05 Å². The zero-order valence-electron chi connectivity index (χ0n) is 16.0. The van der Waals surface area contributed by atoms with E-state index >= 15 is 0 Å². The molecule has 28 heavy (non-hydrogen) atoms. The molecule has 1 aromatic heterocycles. The van der Waals surface area contributed by atoms with Gasteiger partial charge >= 0.3 is 0 Å². The maximum atomic E-state index is 13.0. The van der Waals surface area contributed by atoms with Crippen LogP contribution in [0.25, 0.3) is 0 Å². The molecule has 9 nitrogen and oxygen atoms in total. The summed E-state index contributed by atoms with van der Waals surface area (Å²) in [5, 5.41) is 9.21. The topological polar surface area (TPSA) is 113 Å². The first-order valence-electron chi connectivity index (χ1n) is 8.31.